The minimum Gasteiger partial charge on any atom is -0.495 e. The normalized spacial score (nSPS) is 12.0. The number of sulfonamides is 1. The number of carbonyl (C=O) groups is 2. The largest absolute Gasteiger partial charge is 0.495 e. The van der Waals surface area contributed by atoms with Crippen LogP contribution in [-0.2, 0) is 19.6 Å². The second kappa shape index (κ2) is 9.66. The molecule has 0 saturated carbocycles. The fraction of sp³-hybridized carbons (Fsp3) is 0.263. The van der Waals surface area contributed by atoms with Crippen LogP contribution in [0.2, 0.25) is 0 Å². The van der Waals surface area contributed by atoms with Crippen LogP contribution in [0.1, 0.15) is 13.8 Å². The SMILES string of the molecule is COc1ccc(NC(=O)C(C)Sc2ccc(NC(C)=O)cc2)cc1NS(C)(=O)=O. The topological polar surface area (TPSA) is 114 Å². The third-order valence-electron chi connectivity index (χ3n) is 3.62. The third kappa shape index (κ3) is 7.31. The number of nitrogens with one attached hydrogen (secondary N) is 3. The Hall–Kier alpha value is -2.72. The first kappa shape index (κ1) is 22.6. The van der Waals surface area contributed by atoms with Gasteiger partial charge in [0.05, 0.1) is 24.3 Å². The van der Waals surface area contributed by atoms with E-state index in [0.29, 0.717) is 17.1 Å². The Labute approximate surface area is 174 Å². The van der Waals surface area contributed by atoms with E-state index in [4.69, 9.17) is 4.74 Å². The molecule has 2 rings (SSSR count). The zero-order chi connectivity index (χ0) is 21.6. The summed E-state index contributed by atoms with van der Waals surface area (Å²) in [4.78, 5) is 24.5. The molecule has 1 atom stereocenters. The number of carbonyl (C=O) groups excluding carboxylic acids is 2. The molecule has 156 valence electrons. The summed E-state index contributed by atoms with van der Waals surface area (Å²) < 4.78 is 30.5. The number of anilines is 3. The third-order valence-corrected chi connectivity index (χ3v) is 5.32. The second-order valence-corrected chi connectivity index (χ2v) is 9.41. The number of benzene rings is 2. The van der Waals surface area contributed by atoms with E-state index in [1.54, 1.807) is 31.2 Å². The minimum atomic E-state index is -3.50. The molecule has 0 spiro atoms. The van der Waals surface area contributed by atoms with Crippen LogP contribution in [0.5, 0.6) is 5.75 Å². The fourth-order valence-electron chi connectivity index (χ4n) is 2.39. The number of methoxy groups -OCH3 is 1. The standard InChI is InChI=1S/C19H23N3O5S2/c1-12(28-16-8-5-14(6-9-16)20-13(2)23)19(24)21-15-7-10-18(27-3)17(11-15)22-29(4,25)26/h5-12,22H,1-4H3,(H,20,23)(H,21,24). The predicted octanol–water partition coefficient (Wildman–Crippen LogP) is 3.14. The van der Waals surface area contributed by atoms with E-state index in [1.165, 1.54) is 31.9 Å². The number of hydrogen-bond acceptors (Lipinski definition) is 6. The van der Waals surface area contributed by atoms with E-state index in [2.05, 4.69) is 15.4 Å². The maximum absolute atomic E-state index is 12.5. The Balaban J connectivity index is 2.05. The van der Waals surface area contributed by atoms with E-state index in [0.717, 1.165) is 11.2 Å². The maximum Gasteiger partial charge on any atom is 0.237 e. The number of ether oxygens (including phenoxy) is 1. The van der Waals surface area contributed by atoms with Crippen molar-refractivity contribution in [3.05, 3.63) is 42.5 Å². The highest BCUT2D eigenvalue weighted by Crippen LogP contribution is 2.30. The summed E-state index contributed by atoms with van der Waals surface area (Å²) in [5.74, 6) is -0.0473. The van der Waals surface area contributed by atoms with Gasteiger partial charge < -0.3 is 15.4 Å². The molecule has 0 aliphatic rings. The van der Waals surface area contributed by atoms with Gasteiger partial charge in [0.25, 0.3) is 0 Å². The first-order valence-corrected chi connectivity index (χ1v) is 11.4. The zero-order valence-corrected chi connectivity index (χ0v) is 18.1. The Morgan fingerprint density at radius 1 is 1.03 bits per heavy atom. The molecule has 2 aromatic rings. The fourth-order valence-corrected chi connectivity index (χ4v) is 3.81. The highest BCUT2D eigenvalue weighted by molar-refractivity contribution is 8.00. The van der Waals surface area contributed by atoms with Crippen molar-refractivity contribution in [1.29, 1.82) is 0 Å². The van der Waals surface area contributed by atoms with Crippen molar-refractivity contribution in [1.82, 2.24) is 0 Å². The van der Waals surface area contributed by atoms with Gasteiger partial charge in [-0.25, -0.2) is 8.42 Å². The van der Waals surface area contributed by atoms with Gasteiger partial charge in [0.2, 0.25) is 21.8 Å². The van der Waals surface area contributed by atoms with Gasteiger partial charge in [-0.15, -0.1) is 11.8 Å². The second-order valence-electron chi connectivity index (χ2n) is 6.24. The average Bonchev–Trinajstić information content (AvgIpc) is 2.61. The summed E-state index contributed by atoms with van der Waals surface area (Å²) in [6.45, 7) is 3.20. The van der Waals surface area contributed by atoms with E-state index in [1.807, 2.05) is 12.1 Å². The van der Waals surface area contributed by atoms with Crippen LogP contribution < -0.4 is 20.1 Å². The molecule has 29 heavy (non-hydrogen) atoms. The van der Waals surface area contributed by atoms with Crippen LogP contribution in [0.25, 0.3) is 0 Å². The monoisotopic (exact) mass is 437 g/mol. The molecule has 2 aromatic carbocycles. The van der Waals surface area contributed by atoms with Crippen LogP contribution in [-0.4, -0.2) is 38.8 Å². The lowest BCUT2D eigenvalue weighted by molar-refractivity contribution is -0.115. The van der Waals surface area contributed by atoms with Crippen molar-refractivity contribution in [3.63, 3.8) is 0 Å². The predicted molar refractivity (Wildman–Crippen MR) is 116 cm³/mol. The summed E-state index contributed by atoms with van der Waals surface area (Å²) in [5, 5.41) is 5.05. The quantitative estimate of drug-likeness (QED) is 0.547. The van der Waals surface area contributed by atoms with Crippen molar-refractivity contribution in [2.24, 2.45) is 0 Å². The Morgan fingerprint density at radius 3 is 2.21 bits per heavy atom. The Bertz CT molecular complexity index is 991. The molecular formula is C19H23N3O5S2. The molecule has 10 heteroatoms. The van der Waals surface area contributed by atoms with E-state index in [-0.39, 0.29) is 17.5 Å². The van der Waals surface area contributed by atoms with Crippen molar-refractivity contribution < 1.29 is 22.7 Å². The Morgan fingerprint density at radius 2 is 1.66 bits per heavy atom. The van der Waals surface area contributed by atoms with E-state index in [9.17, 15) is 18.0 Å². The molecule has 1 unspecified atom stereocenters. The number of rotatable bonds is 8. The van der Waals surface area contributed by atoms with Gasteiger partial charge in [0.15, 0.2) is 0 Å². The van der Waals surface area contributed by atoms with Gasteiger partial charge in [-0.3, -0.25) is 14.3 Å². The molecule has 0 bridgehead atoms. The van der Waals surface area contributed by atoms with E-state index < -0.39 is 15.3 Å². The van der Waals surface area contributed by atoms with Crippen LogP contribution in [0, 0.1) is 0 Å². The summed E-state index contributed by atoms with van der Waals surface area (Å²) in [6, 6.07) is 11.9. The Kier molecular flexibility index (Phi) is 7.52. The van der Waals surface area contributed by atoms with Gasteiger partial charge in [-0.2, -0.15) is 0 Å². The minimum absolute atomic E-state index is 0.151. The lowest BCUT2D eigenvalue weighted by Crippen LogP contribution is -2.22. The van der Waals surface area contributed by atoms with Gasteiger partial charge >= 0.3 is 0 Å². The molecule has 0 aliphatic carbocycles. The van der Waals surface area contributed by atoms with Crippen molar-refractivity contribution in [3.8, 4) is 5.75 Å². The van der Waals surface area contributed by atoms with Crippen molar-refractivity contribution >= 4 is 50.7 Å². The number of amides is 2. The van der Waals surface area contributed by atoms with Crippen LogP contribution >= 0.6 is 11.8 Å². The summed E-state index contributed by atoms with van der Waals surface area (Å²) in [6.07, 6.45) is 1.04. The zero-order valence-electron chi connectivity index (χ0n) is 16.5. The summed E-state index contributed by atoms with van der Waals surface area (Å²) in [7, 11) is -2.07. The lowest BCUT2D eigenvalue weighted by Gasteiger charge is -2.15. The molecule has 3 N–H and O–H groups in total. The van der Waals surface area contributed by atoms with Crippen LogP contribution in [0.3, 0.4) is 0 Å². The number of thioether (sulfide) groups is 1. The molecule has 0 saturated heterocycles. The summed E-state index contributed by atoms with van der Waals surface area (Å²) >= 11 is 1.36. The summed E-state index contributed by atoms with van der Waals surface area (Å²) in [5.41, 5.74) is 1.36. The van der Waals surface area contributed by atoms with Gasteiger partial charge in [-0.1, -0.05) is 0 Å². The molecule has 0 fully saturated rings. The van der Waals surface area contributed by atoms with Gasteiger partial charge in [0.1, 0.15) is 5.75 Å². The molecule has 0 aromatic heterocycles. The van der Waals surface area contributed by atoms with Gasteiger partial charge in [-0.05, 0) is 49.4 Å². The molecule has 0 aliphatic heterocycles. The average molecular weight is 438 g/mol. The molecular weight excluding hydrogens is 414 g/mol. The molecule has 2 amide bonds. The first-order valence-electron chi connectivity index (χ1n) is 8.58. The van der Waals surface area contributed by atoms with Gasteiger partial charge in [0, 0.05) is 23.2 Å². The maximum atomic E-state index is 12.5. The van der Waals surface area contributed by atoms with Crippen molar-refractivity contribution in [2.45, 2.75) is 24.0 Å². The number of hydrogen-bond donors (Lipinski definition) is 3. The highest BCUT2D eigenvalue weighted by atomic mass is 32.2. The smallest absolute Gasteiger partial charge is 0.237 e. The van der Waals surface area contributed by atoms with Crippen LogP contribution in [0.4, 0.5) is 17.1 Å². The van der Waals surface area contributed by atoms with Crippen LogP contribution in [0.15, 0.2) is 47.4 Å². The van der Waals surface area contributed by atoms with Crippen molar-refractivity contribution in [2.75, 3.05) is 28.7 Å². The molecule has 0 radical (unpaired) electrons. The molecule has 8 nitrogen and oxygen atoms in total. The molecule has 0 heterocycles. The highest BCUT2D eigenvalue weighted by Gasteiger charge is 2.16. The van der Waals surface area contributed by atoms with E-state index >= 15 is 0 Å². The lowest BCUT2D eigenvalue weighted by atomic mass is 10.2. The first-order chi connectivity index (χ1) is 13.6.